The summed E-state index contributed by atoms with van der Waals surface area (Å²) in [6, 6.07) is 5.99. The number of nitrogens with zero attached hydrogens (tertiary/aromatic N) is 4. The smallest absolute Gasteiger partial charge is 0.363 e. The SMILES string of the molecule is CC.CN1CC(CCC(Nc2cccc(SN)n2)c2cncnc2)CC1(C)C.O=CC(F)(F)F. The second kappa shape index (κ2) is 14.2. The zero-order valence-electron chi connectivity index (χ0n) is 20.3. The Morgan fingerprint density at radius 3 is 2.41 bits per heavy atom. The van der Waals surface area contributed by atoms with Crippen LogP contribution in [0.3, 0.4) is 0 Å². The lowest BCUT2D eigenvalue weighted by Crippen LogP contribution is -2.34. The number of aldehydes is 1. The number of hydrogen-bond donors (Lipinski definition) is 2. The Morgan fingerprint density at radius 2 is 1.91 bits per heavy atom. The van der Waals surface area contributed by atoms with E-state index in [1.54, 1.807) is 6.33 Å². The lowest BCUT2D eigenvalue weighted by atomic mass is 9.91. The van der Waals surface area contributed by atoms with Crippen LogP contribution in [-0.2, 0) is 4.79 Å². The number of halogens is 3. The molecule has 1 aliphatic heterocycles. The largest absolute Gasteiger partial charge is 0.446 e. The minimum Gasteiger partial charge on any atom is -0.363 e. The molecule has 1 fully saturated rings. The van der Waals surface area contributed by atoms with Crippen LogP contribution in [0.1, 0.15) is 58.6 Å². The molecule has 0 aromatic carbocycles. The molecular formula is C23H35F3N6OS. The molecule has 0 amide bonds. The van der Waals surface area contributed by atoms with Gasteiger partial charge in [-0.05, 0) is 70.2 Å². The Labute approximate surface area is 204 Å². The number of rotatable bonds is 7. The fraction of sp³-hybridized carbons (Fsp3) is 0.565. The Hall–Kier alpha value is -2.24. The summed E-state index contributed by atoms with van der Waals surface area (Å²) in [6.45, 7) is 9.81. The van der Waals surface area contributed by atoms with Gasteiger partial charge < -0.3 is 10.2 Å². The standard InChI is InChI=1S/C19H28N6S.C2HF3O.C2H6/c1-19(2)9-14(12-25(19)3)7-8-16(15-10-21-13-22-11-15)23-17-5-4-6-18(24-17)26-20;3-2(4,5)1-6;1-2/h4-6,10-11,13-14,16H,7-9,12,20H2,1-3H3,(H,23,24);1H;1-2H3. The van der Waals surface area contributed by atoms with Crippen LogP contribution in [0, 0.1) is 5.92 Å². The number of nitrogens with two attached hydrogens (primary N) is 1. The van der Waals surface area contributed by atoms with Gasteiger partial charge in [0.15, 0.2) is 0 Å². The molecule has 0 spiro atoms. The fourth-order valence-electron chi connectivity index (χ4n) is 3.71. The van der Waals surface area contributed by atoms with Crippen molar-refractivity contribution in [2.75, 3.05) is 18.9 Å². The summed E-state index contributed by atoms with van der Waals surface area (Å²) in [4.78, 5) is 24.1. The van der Waals surface area contributed by atoms with Crippen LogP contribution >= 0.6 is 11.9 Å². The van der Waals surface area contributed by atoms with Gasteiger partial charge in [0.25, 0.3) is 0 Å². The van der Waals surface area contributed by atoms with E-state index in [1.165, 1.54) is 6.42 Å². The van der Waals surface area contributed by atoms with Gasteiger partial charge in [0, 0.05) is 30.0 Å². The maximum absolute atomic E-state index is 10.4. The van der Waals surface area contributed by atoms with Gasteiger partial charge >= 0.3 is 6.18 Å². The highest BCUT2D eigenvalue weighted by molar-refractivity contribution is 7.97. The van der Waals surface area contributed by atoms with E-state index in [1.807, 2.05) is 44.4 Å². The molecule has 3 rings (SSSR count). The molecule has 11 heteroatoms. The summed E-state index contributed by atoms with van der Waals surface area (Å²) in [5.74, 6) is 1.54. The van der Waals surface area contributed by atoms with Crippen LogP contribution in [0.5, 0.6) is 0 Å². The van der Waals surface area contributed by atoms with E-state index in [4.69, 9.17) is 9.93 Å². The molecule has 190 valence electrons. The van der Waals surface area contributed by atoms with Crippen molar-refractivity contribution in [2.45, 2.75) is 69.7 Å². The van der Waals surface area contributed by atoms with Crippen LogP contribution in [0.4, 0.5) is 19.0 Å². The molecule has 0 radical (unpaired) electrons. The molecule has 3 N–H and O–H groups in total. The molecule has 0 aliphatic carbocycles. The van der Waals surface area contributed by atoms with Gasteiger partial charge in [-0.2, -0.15) is 13.2 Å². The molecule has 3 heterocycles. The molecule has 1 aliphatic rings. The van der Waals surface area contributed by atoms with Crippen molar-refractivity contribution in [1.29, 1.82) is 0 Å². The zero-order valence-corrected chi connectivity index (χ0v) is 21.2. The molecule has 2 aromatic rings. The van der Waals surface area contributed by atoms with E-state index in [0.717, 1.165) is 47.7 Å². The van der Waals surface area contributed by atoms with E-state index in [9.17, 15) is 13.2 Å². The minimum absolute atomic E-state index is 0.135. The van der Waals surface area contributed by atoms with E-state index in [0.29, 0.717) is 5.92 Å². The van der Waals surface area contributed by atoms with Crippen LogP contribution in [0.25, 0.3) is 0 Å². The predicted molar refractivity (Wildman–Crippen MR) is 130 cm³/mol. The van der Waals surface area contributed by atoms with Crippen LogP contribution in [-0.4, -0.2) is 51.4 Å². The number of aromatic nitrogens is 3. The second-order valence-electron chi connectivity index (χ2n) is 8.35. The maximum Gasteiger partial charge on any atom is 0.446 e. The quantitative estimate of drug-likeness (QED) is 0.392. The van der Waals surface area contributed by atoms with E-state index in [2.05, 4.69) is 46.1 Å². The summed E-state index contributed by atoms with van der Waals surface area (Å²) in [5.41, 5.74) is 1.38. The molecule has 34 heavy (non-hydrogen) atoms. The van der Waals surface area contributed by atoms with Crippen molar-refractivity contribution in [3.05, 3.63) is 42.5 Å². The molecule has 2 unspecified atom stereocenters. The van der Waals surface area contributed by atoms with Gasteiger partial charge in [-0.1, -0.05) is 19.9 Å². The van der Waals surface area contributed by atoms with Gasteiger partial charge in [0.05, 0.1) is 6.04 Å². The molecule has 1 saturated heterocycles. The Bertz CT molecular complexity index is 854. The van der Waals surface area contributed by atoms with Crippen molar-refractivity contribution in [3.63, 3.8) is 0 Å². The maximum atomic E-state index is 10.4. The number of pyridine rings is 1. The lowest BCUT2D eigenvalue weighted by molar-refractivity contribution is -0.156. The zero-order chi connectivity index (χ0) is 25.8. The molecule has 0 bridgehead atoms. The first-order valence-corrected chi connectivity index (χ1v) is 12.0. The van der Waals surface area contributed by atoms with Crippen molar-refractivity contribution in [2.24, 2.45) is 11.1 Å². The van der Waals surface area contributed by atoms with Gasteiger partial charge in [-0.3, -0.25) is 9.93 Å². The summed E-state index contributed by atoms with van der Waals surface area (Å²) in [7, 11) is 2.22. The van der Waals surface area contributed by atoms with Crippen molar-refractivity contribution < 1.29 is 18.0 Å². The van der Waals surface area contributed by atoms with Crippen LogP contribution in [0.15, 0.2) is 41.9 Å². The van der Waals surface area contributed by atoms with Crippen molar-refractivity contribution >= 4 is 24.1 Å². The Balaban J connectivity index is 0.000000631. The third-order valence-electron chi connectivity index (χ3n) is 5.50. The second-order valence-corrected chi connectivity index (χ2v) is 9.00. The average Bonchev–Trinajstić information content (AvgIpc) is 3.09. The highest BCUT2D eigenvalue weighted by Gasteiger charge is 2.35. The number of carbonyl (C=O) groups is 1. The number of alkyl halides is 3. The number of likely N-dealkylation sites (tertiary alicyclic amines) is 1. The minimum atomic E-state index is -4.64. The Morgan fingerprint density at radius 1 is 1.29 bits per heavy atom. The number of anilines is 1. The van der Waals surface area contributed by atoms with E-state index in [-0.39, 0.29) is 11.6 Å². The predicted octanol–water partition coefficient (Wildman–Crippen LogP) is 5.27. The lowest BCUT2D eigenvalue weighted by Gasteiger charge is -2.26. The highest BCUT2D eigenvalue weighted by Crippen LogP contribution is 2.35. The normalized spacial score (nSPS) is 18.1. The fourth-order valence-corrected chi connectivity index (χ4v) is 4.02. The molecule has 2 atom stereocenters. The number of hydrogen-bond acceptors (Lipinski definition) is 8. The number of nitrogens with one attached hydrogen (secondary N) is 1. The third-order valence-corrected chi connectivity index (χ3v) is 5.97. The summed E-state index contributed by atoms with van der Waals surface area (Å²) < 4.78 is 31.2. The van der Waals surface area contributed by atoms with E-state index >= 15 is 0 Å². The van der Waals surface area contributed by atoms with Gasteiger partial charge in [0.2, 0.25) is 6.29 Å². The van der Waals surface area contributed by atoms with Crippen molar-refractivity contribution in [3.8, 4) is 0 Å². The first kappa shape index (κ1) is 29.8. The van der Waals surface area contributed by atoms with Crippen LogP contribution in [0.2, 0.25) is 0 Å². The molecular weight excluding hydrogens is 465 g/mol. The van der Waals surface area contributed by atoms with Gasteiger partial charge in [0.1, 0.15) is 17.2 Å². The summed E-state index contributed by atoms with van der Waals surface area (Å²) in [5, 5.41) is 10.00. The third kappa shape index (κ3) is 10.4. The summed E-state index contributed by atoms with van der Waals surface area (Å²) >= 11 is 1.16. The summed E-state index contributed by atoms with van der Waals surface area (Å²) in [6.07, 6.45) is 3.05. The van der Waals surface area contributed by atoms with Crippen molar-refractivity contribution in [1.82, 2.24) is 19.9 Å². The molecule has 2 aromatic heterocycles. The average molecular weight is 501 g/mol. The van der Waals surface area contributed by atoms with Gasteiger partial charge in [-0.15, -0.1) is 0 Å². The number of carbonyl (C=O) groups excluding carboxylic acids is 1. The first-order chi connectivity index (χ1) is 16.0. The topological polar surface area (TPSA) is 97.0 Å². The molecule has 7 nitrogen and oxygen atoms in total. The highest BCUT2D eigenvalue weighted by atomic mass is 32.2. The first-order valence-electron chi connectivity index (χ1n) is 11.1. The molecule has 0 saturated carbocycles. The van der Waals surface area contributed by atoms with E-state index < -0.39 is 12.5 Å². The van der Waals surface area contributed by atoms with Crippen LogP contribution < -0.4 is 10.5 Å². The Kier molecular flexibility index (Phi) is 12.5. The monoisotopic (exact) mass is 500 g/mol. The van der Waals surface area contributed by atoms with Gasteiger partial charge in [-0.25, -0.2) is 15.0 Å².